The second kappa shape index (κ2) is 7.90. The van der Waals surface area contributed by atoms with Crippen LogP contribution < -0.4 is 0 Å². The van der Waals surface area contributed by atoms with E-state index in [1.165, 1.54) is 15.6 Å². The summed E-state index contributed by atoms with van der Waals surface area (Å²) in [4.78, 5) is 14.4. The van der Waals surface area contributed by atoms with E-state index in [1.54, 1.807) is 23.1 Å². The number of piperazine rings is 1. The van der Waals surface area contributed by atoms with Crippen molar-refractivity contribution < 1.29 is 13.2 Å². The van der Waals surface area contributed by atoms with Gasteiger partial charge in [0.25, 0.3) is 5.91 Å². The van der Waals surface area contributed by atoms with Crippen LogP contribution in [0.5, 0.6) is 0 Å². The number of hydrogen-bond donors (Lipinski definition) is 0. The lowest BCUT2D eigenvalue weighted by Crippen LogP contribution is -2.50. The average molecular weight is 393 g/mol. The van der Waals surface area contributed by atoms with Crippen molar-refractivity contribution in [1.82, 2.24) is 9.21 Å². The summed E-state index contributed by atoms with van der Waals surface area (Å²) in [6.45, 7) is 5.73. The third-order valence-corrected chi connectivity index (χ3v) is 7.59. The summed E-state index contributed by atoms with van der Waals surface area (Å²) in [5, 5.41) is 3.70. The molecule has 1 aromatic carbocycles. The van der Waals surface area contributed by atoms with Gasteiger partial charge < -0.3 is 4.90 Å². The van der Waals surface area contributed by atoms with Crippen LogP contribution in [0.15, 0.2) is 46.0 Å². The van der Waals surface area contributed by atoms with Gasteiger partial charge >= 0.3 is 0 Å². The van der Waals surface area contributed by atoms with Crippen molar-refractivity contribution in [3.8, 4) is 0 Å². The van der Waals surface area contributed by atoms with Crippen molar-refractivity contribution in [1.29, 1.82) is 0 Å². The summed E-state index contributed by atoms with van der Waals surface area (Å²) >= 11 is 1.48. The zero-order chi connectivity index (χ0) is 18.7. The van der Waals surface area contributed by atoms with Gasteiger partial charge in [-0.1, -0.05) is 26.0 Å². The van der Waals surface area contributed by atoms with Crippen LogP contribution in [0.1, 0.15) is 42.1 Å². The lowest BCUT2D eigenvalue weighted by Gasteiger charge is -2.34. The van der Waals surface area contributed by atoms with Crippen molar-refractivity contribution in [3.05, 3.63) is 52.2 Å². The second-order valence-corrected chi connectivity index (χ2v) is 9.30. The van der Waals surface area contributed by atoms with Gasteiger partial charge in [-0.05, 0) is 41.5 Å². The number of carbonyl (C=O) groups excluding carboxylic acids is 1. The molecule has 0 saturated carbocycles. The molecule has 7 heteroatoms. The Morgan fingerprint density at radius 2 is 1.77 bits per heavy atom. The van der Waals surface area contributed by atoms with Crippen LogP contribution in [0.25, 0.3) is 0 Å². The number of benzene rings is 1. The number of nitrogens with zero attached hydrogens (tertiary/aromatic N) is 2. The number of amides is 1. The molecule has 5 nitrogen and oxygen atoms in total. The predicted molar refractivity (Wildman–Crippen MR) is 104 cm³/mol. The Labute approximate surface area is 159 Å². The highest BCUT2D eigenvalue weighted by atomic mass is 32.2. The van der Waals surface area contributed by atoms with Crippen molar-refractivity contribution in [2.75, 3.05) is 26.2 Å². The van der Waals surface area contributed by atoms with Gasteiger partial charge in [0.15, 0.2) is 0 Å². The summed E-state index contributed by atoms with van der Waals surface area (Å²) < 4.78 is 27.2. The molecule has 1 fully saturated rings. The van der Waals surface area contributed by atoms with Crippen LogP contribution in [-0.4, -0.2) is 49.7 Å². The zero-order valence-electron chi connectivity index (χ0n) is 15.1. The minimum absolute atomic E-state index is 0.0267. The van der Waals surface area contributed by atoms with Crippen LogP contribution in [0.2, 0.25) is 0 Å². The standard InChI is InChI=1S/C19H24N2O3S2/c1-3-15(2)16-4-6-18(7-5-16)26(23,24)21-11-9-20(10-12-21)19(22)17-8-13-25-14-17/h4-8,13-15H,3,9-12H2,1-2H3. The second-order valence-electron chi connectivity index (χ2n) is 6.59. The molecule has 1 saturated heterocycles. The number of rotatable bonds is 5. The Kier molecular flexibility index (Phi) is 5.79. The molecule has 2 heterocycles. The first-order chi connectivity index (χ1) is 12.4. The lowest BCUT2D eigenvalue weighted by atomic mass is 9.99. The zero-order valence-corrected chi connectivity index (χ0v) is 16.7. The van der Waals surface area contributed by atoms with Gasteiger partial charge in [0, 0.05) is 31.6 Å². The van der Waals surface area contributed by atoms with Gasteiger partial charge in [0.05, 0.1) is 10.5 Å². The molecular formula is C19H24N2O3S2. The Hall–Kier alpha value is -1.70. The Balaban J connectivity index is 1.67. The van der Waals surface area contributed by atoms with E-state index in [-0.39, 0.29) is 5.91 Å². The SMILES string of the molecule is CCC(C)c1ccc(S(=O)(=O)N2CCN(C(=O)c3ccsc3)CC2)cc1. The Morgan fingerprint density at radius 3 is 2.31 bits per heavy atom. The van der Waals surface area contributed by atoms with Crippen LogP contribution in [0, 0.1) is 0 Å². The van der Waals surface area contributed by atoms with Crippen molar-refractivity contribution in [3.63, 3.8) is 0 Å². The molecule has 26 heavy (non-hydrogen) atoms. The van der Waals surface area contributed by atoms with Crippen LogP contribution >= 0.6 is 11.3 Å². The molecule has 1 aromatic heterocycles. The molecule has 1 aliphatic rings. The molecule has 1 atom stereocenters. The fourth-order valence-corrected chi connectivity index (χ4v) is 5.11. The number of sulfonamides is 1. The van der Waals surface area contributed by atoms with Crippen molar-refractivity contribution in [2.24, 2.45) is 0 Å². The summed E-state index contributed by atoms with van der Waals surface area (Å²) in [6, 6.07) is 8.99. The molecule has 1 unspecified atom stereocenters. The van der Waals surface area contributed by atoms with Gasteiger partial charge in [0.2, 0.25) is 10.0 Å². The van der Waals surface area contributed by atoms with E-state index in [0.717, 1.165) is 12.0 Å². The van der Waals surface area contributed by atoms with E-state index >= 15 is 0 Å². The largest absolute Gasteiger partial charge is 0.336 e. The molecule has 2 aromatic rings. The lowest BCUT2D eigenvalue weighted by molar-refractivity contribution is 0.0698. The molecular weight excluding hydrogens is 368 g/mol. The molecule has 0 spiro atoms. The van der Waals surface area contributed by atoms with Crippen LogP contribution in [-0.2, 0) is 10.0 Å². The summed E-state index contributed by atoms with van der Waals surface area (Å²) in [7, 11) is -3.52. The topological polar surface area (TPSA) is 57.7 Å². The summed E-state index contributed by atoms with van der Waals surface area (Å²) in [5.41, 5.74) is 1.82. The predicted octanol–water partition coefficient (Wildman–Crippen LogP) is 3.41. The van der Waals surface area contributed by atoms with E-state index in [4.69, 9.17) is 0 Å². The van der Waals surface area contributed by atoms with Gasteiger partial charge in [-0.15, -0.1) is 0 Å². The number of thiophene rings is 1. The molecule has 1 aliphatic heterocycles. The van der Waals surface area contributed by atoms with E-state index < -0.39 is 10.0 Å². The maximum Gasteiger partial charge on any atom is 0.254 e. The number of hydrogen-bond acceptors (Lipinski definition) is 4. The molecule has 3 rings (SSSR count). The highest BCUT2D eigenvalue weighted by Crippen LogP contribution is 2.23. The fourth-order valence-electron chi connectivity index (χ4n) is 3.05. The smallest absolute Gasteiger partial charge is 0.254 e. The van der Waals surface area contributed by atoms with E-state index in [2.05, 4.69) is 13.8 Å². The van der Waals surface area contributed by atoms with Crippen LogP contribution in [0.3, 0.4) is 0 Å². The first kappa shape index (κ1) is 19.1. The quantitative estimate of drug-likeness (QED) is 0.783. The summed E-state index contributed by atoms with van der Waals surface area (Å²) in [6.07, 6.45) is 1.02. The Bertz CT molecular complexity index is 837. The maximum atomic E-state index is 12.9. The minimum Gasteiger partial charge on any atom is -0.336 e. The van der Waals surface area contributed by atoms with Gasteiger partial charge in [-0.2, -0.15) is 15.6 Å². The first-order valence-corrected chi connectivity index (χ1v) is 11.2. The highest BCUT2D eigenvalue weighted by molar-refractivity contribution is 7.89. The van der Waals surface area contributed by atoms with E-state index in [9.17, 15) is 13.2 Å². The third-order valence-electron chi connectivity index (χ3n) is 4.99. The van der Waals surface area contributed by atoms with Gasteiger partial charge in [0.1, 0.15) is 0 Å². The van der Waals surface area contributed by atoms with E-state index in [1.807, 2.05) is 22.9 Å². The monoisotopic (exact) mass is 392 g/mol. The molecule has 0 aliphatic carbocycles. The van der Waals surface area contributed by atoms with E-state index in [0.29, 0.717) is 42.6 Å². The molecule has 0 bridgehead atoms. The Morgan fingerprint density at radius 1 is 1.12 bits per heavy atom. The number of carbonyl (C=O) groups is 1. The van der Waals surface area contributed by atoms with Crippen LogP contribution in [0.4, 0.5) is 0 Å². The summed E-state index contributed by atoms with van der Waals surface area (Å²) in [5.74, 6) is 0.389. The maximum absolute atomic E-state index is 12.9. The highest BCUT2D eigenvalue weighted by Gasteiger charge is 2.30. The third kappa shape index (κ3) is 3.84. The molecule has 140 valence electrons. The first-order valence-electron chi connectivity index (χ1n) is 8.85. The minimum atomic E-state index is -3.52. The molecule has 0 radical (unpaired) electrons. The van der Waals surface area contributed by atoms with Gasteiger partial charge in [-0.3, -0.25) is 4.79 Å². The fraction of sp³-hybridized carbons (Fsp3) is 0.421. The molecule has 0 N–H and O–H groups in total. The normalized spacial score (nSPS) is 17.2. The van der Waals surface area contributed by atoms with Crippen molar-refractivity contribution >= 4 is 27.3 Å². The average Bonchev–Trinajstić information content (AvgIpc) is 3.21. The van der Waals surface area contributed by atoms with Crippen molar-refractivity contribution in [2.45, 2.75) is 31.1 Å². The molecule has 1 amide bonds. The van der Waals surface area contributed by atoms with Gasteiger partial charge in [-0.25, -0.2) is 8.42 Å².